The number of oxime groups is 1. The smallest absolute Gasteiger partial charge is 0.222 e. The summed E-state index contributed by atoms with van der Waals surface area (Å²) in [7, 11) is 0. The summed E-state index contributed by atoms with van der Waals surface area (Å²) < 4.78 is 12.3. The highest BCUT2D eigenvalue weighted by Gasteiger charge is 2.43. The minimum absolute atomic E-state index is 0.0544. The quantitative estimate of drug-likeness (QED) is 0.581. The number of rotatable bonds is 7. The number of alkyl halides is 1. The van der Waals surface area contributed by atoms with Gasteiger partial charge in [0.15, 0.2) is 0 Å². The topological polar surface area (TPSA) is 41.9 Å². The molecule has 0 N–H and O–H groups in total. The van der Waals surface area contributed by atoms with Gasteiger partial charge in [-0.3, -0.25) is 9.18 Å². The Balaban J connectivity index is 1.99. The lowest BCUT2D eigenvalue weighted by molar-refractivity contribution is -0.137. The van der Waals surface area contributed by atoms with Crippen molar-refractivity contribution in [3.8, 4) is 0 Å². The Hall–Kier alpha value is -1.65. The van der Waals surface area contributed by atoms with Crippen molar-refractivity contribution in [3.05, 3.63) is 23.3 Å². The first-order valence-electron chi connectivity index (χ1n) is 10.3. The van der Waals surface area contributed by atoms with Crippen LogP contribution >= 0.6 is 0 Å². The van der Waals surface area contributed by atoms with Gasteiger partial charge < -0.3 is 9.74 Å². The molecule has 27 heavy (non-hydrogen) atoms. The summed E-state index contributed by atoms with van der Waals surface area (Å²) in [4.78, 5) is 19.9. The van der Waals surface area contributed by atoms with Crippen LogP contribution < -0.4 is 0 Å². The monoisotopic (exact) mass is 378 g/mol. The van der Waals surface area contributed by atoms with Crippen molar-refractivity contribution in [3.63, 3.8) is 0 Å². The maximum atomic E-state index is 12.3. The zero-order valence-electron chi connectivity index (χ0n) is 17.6. The van der Waals surface area contributed by atoms with Crippen LogP contribution in [0.2, 0.25) is 0 Å². The lowest BCUT2D eigenvalue weighted by Crippen LogP contribution is -2.46. The van der Waals surface area contributed by atoms with Gasteiger partial charge in [-0.2, -0.15) is 0 Å². The minimum Gasteiger partial charge on any atom is -0.388 e. The molecule has 5 heteroatoms. The molecule has 1 spiro atoms. The van der Waals surface area contributed by atoms with E-state index in [-0.39, 0.29) is 11.5 Å². The first-order valence-corrected chi connectivity index (χ1v) is 10.3. The molecule has 1 saturated heterocycles. The molecule has 0 aromatic heterocycles. The van der Waals surface area contributed by atoms with Crippen molar-refractivity contribution in [1.29, 1.82) is 0 Å². The Bertz CT molecular complexity index is 612. The fraction of sp³-hybridized carbons (Fsp3) is 0.727. The number of nitrogens with zero attached hydrogens (tertiary/aromatic N) is 2. The van der Waals surface area contributed by atoms with Crippen LogP contribution in [-0.4, -0.2) is 41.9 Å². The van der Waals surface area contributed by atoms with Crippen molar-refractivity contribution in [1.82, 2.24) is 4.90 Å². The summed E-state index contributed by atoms with van der Waals surface area (Å²) in [6, 6.07) is 0. The Morgan fingerprint density at radius 2 is 1.89 bits per heavy atom. The van der Waals surface area contributed by atoms with Crippen LogP contribution in [0.1, 0.15) is 66.7 Å². The molecule has 0 radical (unpaired) electrons. The van der Waals surface area contributed by atoms with Gasteiger partial charge in [0.25, 0.3) is 0 Å². The molecular formula is C22H35FN2O2. The summed E-state index contributed by atoms with van der Waals surface area (Å²) in [5, 5.41) is 4.44. The average molecular weight is 379 g/mol. The standard InChI is InChI=1S/C22H35FN2O2/c1-16(2)18(5)8-9-19(17(3)4)20-15-22(27-24-20)10-13-25(14-11-22)21(26)7-6-12-23/h8-9,16-17H,6-7,10-15H2,1-5H3/b18-8+,19-9+. The second kappa shape index (κ2) is 9.52. The van der Waals surface area contributed by atoms with Crippen molar-refractivity contribution in [2.24, 2.45) is 17.0 Å². The van der Waals surface area contributed by atoms with E-state index in [0.717, 1.165) is 25.0 Å². The maximum Gasteiger partial charge on any atom is 0.222 e. The van der Waals surface area contributed by atoms with Crippen LogP contribution in [0.4, 0.5) is 4.39 Å². The van der Waals surface area contributed by atoms with Crippen molar-refractivity contribution in [2.45, 2.75) is 72.3 Å². The van der Waals surface area contributed by atoms with E-state index < -0.39 is 6.67 Å². The molecule has 0 unspecified atom stereocenters. The molecule has 0 aromatic carbocycles. The van der Waals surface area contributed by atoms with Crippen LogP contribution in [0.5, 0.6) is 0 Å². The van der Waals surface area contributed by atoms with E-state index in [1.807, 2.05) is 4.90 Å². The lowest BCUT2D eigenvalue weighted by atomic mass is 9.83. The highest BCUT2D eigenvalue weighted by atomic mass is 19.1. The normalized spacial score (nSPS) is 20.4. The van der Waals surface area contributed by atoms with Gasteiger partial charge in [-0.15, -0.1) is 0 Å². The summed E-state index contributed by atoms with van der Waals surface area (Å²) in [6.45, 7) is 11.8. The number of carbonyl (C=O) groups excluding carboxylic acids is 1. The van der Waals surface area contributed by atoms with Crippen LogP contribution in [0.3, 0.4) is 0 Å². The van der Waals surface area contributed by atoms with E-state index in [1.54, 1.807) is 0 Å². The molecule has 0 aliphatic carbocycles. The molecule has 0 saturated carbocycles. The predicted octanol–water partition coefficient (Wildman–Crippen LogP) is 5.06. The predicted molar refractivity (Wildman–Crippen MR) is 108 cm³/mol. The molecular weight excluding hydrogens is 343 g/mol. The molecule has 2 aliphatic rings. The number of likely N-dealkylation sites (tertiary alicyclic amines) is 1. The highest BCUT2D eigenvalue weighted by Crippen LogP contribution is 2.37. The summed E-state index contributed by atoms with van der Waals surface area (Å²) in [5.41, 5.74) is 3.34. The van der Waals surface area contributed by atoms with Crippen LogP contribution in [0.25, 0.3) is 0 Å². The van der Waals surface area contributed by atoms with Crippen LogP contribution in [0.15, 0.2) is 28.5 Å². The average Bonchev–Trinajstić information content (AvgIpc) is 3.03. The third kappa shape index (κ3) is 5.66. The Morgan fingerprint density at radius 1 is 1.22 bits per heavy atom. The van der Waals surface area contributed by atoms with E-state index in [1.165, 1.54) is 11.1 Å². The first-order chi connectivity index (χ1) is 12.8. The molecule has 152 valence electrons. The van der Waals surface area contributed by atoms with Gasteiger partial charge in [0.1, 0.15) is 5.60 Å². The van der Waals surface area contributed by atoms with E-state index in [2.05, 4.69) is 51.9 Å². The number of carbonyl (C=O) groups is 1. The molecule has 0 atom stereocenters. The third-order valence-electron chi connectivity index (χ3n) is 5.78. The van der Waals surface area contributed by atoms with Gasteiger partial charge in [-0.1, -0.05) is 50.6 Å². The second-order valence-electron chi connectivity index (χ2n) is 8.50. The number of hydrogen-bond donors (Lipinski definition) is 0. The number of halogens is 1. The minimum atomic E-state index is -0.432. The Kier molecular flexibility index (Phi) is 7.63. The number of allylic oxidation sites excluding steroid dienone is 4. The zero-order chi connectivity index (χ0) is 20.0. The van der Waals surface area contributed by atoms with Gasteiger partial charge in [-0.05, 0) is 30.8 Å². The Labute approximate surface area is 163 Å². The Morgan fingerprint density at radius 3 is 2.44 bits per heavy atom. The number of hydrogen-bond acceptors (Lipinski definition) is 3. The summed E-state index contributed by atoms with van der Waals surface area (Å²) in [6.07, 6.45) is 7.37. The van der Waals surface area contributed by atoms with E-state index in [9.17, 15) is 9.18 Å². The van der Waals surface area contributed by atoms with Crippen LogP contribution in [-0.2, 0) is 9.63 Å². The van der Waals surface area contributed by atoms with Gasteiger partial charge in [0.05, 0.1) is 12.4 Å². The molecule has 1 fully saturated rings. The largest absolute Gasteiger partial charge is 0.388 e. The second-order valence-corrected chi connectivity index (χ2v) is 8.50. The summed E-state index contributed by atoms with van der Waals surface area (Å²) >= 11 is 0. The third-order valence-corrected chi connectivity index (χ3v) is 5.78. The zero-order valence-corrected chi connectivity index (χ0v) is 17.6. The van der Waals surface area contributed by atoms with E-state index >= 15 is 0 Å². The molecule has 1 amide bonds. The molecule has 2 aliphatic heterocycles. The highest BCUT2D eigenvalue weighted by molar-refractivity contribution is 6.01. The fourth-order valence-electron chi connectivity index (χ4n) is 3.52. The van der Waals surface area contributed by atoms with Gasteiger partial charge in [-0.25, -0.2) is 0 Å². The van der Waals surface area contributed by atoms with Gasteiger partial charge in [0, 0.05) is 38.8 Å². The maximum absolute atomic E-state index is 12.3. The number of amides is 1. The fourth-order valence-corrected chi connectivity index (χ4v) is 3.52. The SMILES string of the molecule is C/C(=C\C=C(\C1=NOC2(CCN(C(=O)CCCF)CC2)C1)C(C)C)C(C)C. The molecule has 0 aromatic rings. The van der Waals surface area contributed by atoms with Gasteiger partial charge >= 0.3 is 0 Å². The molecule has 0 bridgehead atoms. The number of piperidine rings is 1. The van der Waals surface area contributed by atoms with Crippen molar-refractivity contribution in [2.75, 3.05) is 19.8 Å². The lowest BCUT2D eigenvalue weighted by Gasteiger charge is -2.37. The molecule has 2 rings (SSSR count). The van der Waals surface area contributed by atoms with Crippen LogP contribution in [0, 0.1) is 11.8 Å². The molecule has 4 nitrogen and oxygen atoms in total. The van der Waals surface area contributed by atoms with E-state index in [0.29, 0.717) is 37.8 Å². The molecule has 2 heterocycles. The van der Waals surface area contributed by atoms with Crippen molar-refractivity contribution >= 4 is 11.6 Å². The summed E-state index contributed by atoms with van der Waals surface area (Å²) in [5.74, 6) is 0.960. The van der Waals surface area contributed by atoms with E-state index in [4.69, 9.17) is 4.84 Å². The van der Waals surface area contributed by atoms with Gasteiger partial charge in [0.2, 0.25) is 5.91 Å². The van der Waals surface area contributed by atoms with Crippen molar-refractivity contribution < 1.29 is 14.0 Å². The first kappa shape index (κ1) is 21.6.